The maximum atomic E-state index is 12.1. The second kappa shape index (κ2) is 7.76. The maximum absolute atomic E-state index is 12.1. The van der Waals surface area contributed by atoms with Gasteiger partial charge in [-0.05, 0) is 25.1 Å². The molecule has 1 aromatic rings. The highest BCUT2D eigenvalue weighted by Gasteiger charge is 2.20. The number of morpholine rings is 1. The second-order valence-electron chi connectivity index (χ2n) is 5.57. The third-order valence-corrected chi connectivity index (χ3v) is 5.00. The highest BCUT2D eigenvalue weighted by Crippen LogP contribution is 2.09. The van der Waals surface area contributed by atoms with E-state index in [9.17, 15) is 13.2 Å². The number of carbonyl (C=O) groups excluding carboxylic acids is 1. The van der Waals surface area contributed by atoms with Gasteiger partial charge in [0.25, 0.3) is 0 Å². The molecular formula is C15H23N3O4S. The summed E-state index contributed by atoms with van der Waals surface area (Å²) in [7, 11) is -1.87. The van der Waals surface area contributed by atoms with E-state index in [0.29, 0.717) is 31.8 Å². The molecule has 0 aromatic heterocycles. The number of nitrogens with zero attached hydrogens (tertiary/aromatic N) is 1. The molecule has 7 nitrogen and oxygen atoms in total. The van der Waals surface area contributed by atoms with Gasteiger partial charge in [-0.25, -0.2) is 17.9 Å². The van der Waals surface area contributed by atoms with Gasteiger partial charge in [0.05, 0.1) is 18.5 Å². The molecule has 0 bridgehead atoms. The number of urea groups is 1. The van der Waals surface area contributed by atoms with Crippen molar-refractivity contribution in [3.8, 4) is 0 Å². The first-order chi connectivity index (χ1) is 10.9. The molecule has 1 atom stereocenters. The Labute approximate surface area is 137 Å². The fourth-order valence-electron chi connectivity index (χ4n) is 2.34. The van der Waals surface area contributed by atoms with Gasteiger partial charge >= 0.3 is 6.03 Å². The first-order valence-corrected chi connectivity index (χ1v) is 9.18. The Kier molecular flexibility index (Phi) is 5.97. The molecule has 1 aromatic carbocycles. The summed E-state index contributed by atoms with van der Waals surface area (Å²) in [6, 6.07) is 7.05. The van der Waals surface area contributed by atoms with Gasteiger partial charge in [-0.3, -0.25) is 0 Å². The van der Waals surface area contributed by atoms with Crippen molar-refractivity contribution in [3.63, 3.8) is 0 Å². The molecule has 0 radical (unpaired) electrons. The lowest BCUT2D eigenvalue weighted by Crippen LogP contribution is -2.48. The van der Waals surface area contributed by atoms with Crippen LogP contribution in [0.25, 0.3) is 0 Å². The van der Waals surface area contributed by atoms with Gasteiger partial charge in [0.15, 0.2) is 0 Å². The lowest BCUT2D eigenvalue weighted by molar-refractivity contribution is -0.00351. The van der Waals surface area contributed by atoms with E-state index in [1.807, 2.05) is 19.1 Å². The average Bonchev–Trinajstić information content (AvgIpc) is 2.53. The Morgan fingerprint density at radius 3 is 2.57 bits per heavy atom. The average molecular weight is 341 g/mol. The minimum atomic E-state index is -3.27. The van der Waals surface area contributed by atoms with Crippen molar-refractivity contribution in [2.45, 2.75) is 25.3 Å². The molecule has 2 rings (SSSR count). The van der Waals surface area contributed by atoms with Crippen LogP contribution in [0.3, 0.4) is 0 Å². The fourth-order valence-corrected chi connectivity index (χ4v) is 3.11. The summed E-state index contributed by atoms with van der Waals surface area (Å²) in [4.78, 5) is 13.8. The zero-order valence-corrected chi connectivity index (χ0v) is 14.2. The number of hydrogen-bond acceptors (Lipinski definition) is 4. The van der Waals surface area contributed by atoms with Crippen molar-refractivity contribution in [2.24, 2.45) is 0 Å². The lowest BCUT2D eigenvalue weighted by atomic mass is 10.1. The molecule has 0 aliphatic carbocycles. The third-order valence-electron chi connectivity index (χ3n) is 3.66. The molecular weight excluding hydrogens is 318 g/mol. The minimum absolute atomic E-state index is 0.0538. The number of hydrogen-bond donors (Lipinski definition) is 2. The highest BCUT2D eigenvalue weighted by atomic mass is 32.2. The van der Waals surface area contributed by atoms with Crippen LogP contribution in [0.4, 0.5) is 4.79 Å². The van der Waals surface area contributed by atoms with Gasteiger partial charge in [-0.1, -0.05) is 24.3 Å². The smallest absolute Gasteiger partial charge is 0.317 e. The van der Waals surface area contributed by atoms with Crippen molar-refractivity contribution in [1.82, 2.24) is 14.9 Å². The summed E-state index contributed by atoms with van der Waals surface area (Å²) in [5.74, 6) is -0.0538. The molecule has 1 aliphatic heterocycles. The van der Waals surface area contributed by atoms with Crippen LogP contribution in [-0.4, -0.2) is 52.2 Å². The molecule has 0 spiro atoms. The third kappa shape index (κ3) is 5.49. The molecule has 1 aliphatic rings. The molecule has 8 heteroatoms. The summed E-state index contributed by atoms with van der Waals surface area (Å²) in [5.41, 5.74) is 1.63. The van der Waals surface area contributed by atoms with Crippen LogP contribution in [-0.2, 0) is 27.1 Å². The van der Waals surface area contributed by atoms with E-state index in [1.165, 1.54) is 7.05 Å². The van der Waals surface area contributed by atoms with E-state index >= 15 is 0 Å². The summed E-state index contributed by atoms with van der Waals surface area (Å²) >= 11 is 0. The predicted molar refractivity (Wildman–Crippen MR) is 87.3 cm³/mol. The first-order valence-electron chi connectivity index (χ1n) is 7.53. The summed E-state index contributed by atoms with van der Waals surface area (Å²) < 4.78 is 30.7. The van der Waals surface area contributed by atoms with Crippen LogP contribution in [0.1, 0.15) is 18.1 Å². The summed E-state index contributed by atoms with van der Waals surface area (Å²) in [6.07, 6.45) is 0.0582. The molecule has 1 fully saturated rings. The normalized spacial score (nSPS) is 18.7. The Morgan fingerprint density at radius 1 is 1.30 bits per heavy atom. The molecule has 23 heavy (non-hydrogen) atoms. The Morgan fingerprint density at radius 2 is 1.96 bits per heavy atom. The van der Waals surface area contributed by atoms with E-state index in [-0.39, 0.29) is 17.9 Å². The molecule has 128 valence electrons. The summed E-state index contributed by atoms with van der Waals surface area (Å²) in [5, 5.41) is 2.87. The fraction of sp³-hybridized carbons (Fsp3) is 0.533. The van der Waals surface area contributed by atoms with Crippen molar-refractivity contribution in [2.75, 3.05) is 26.7 Å². The largest absolute Gasteiger partial charge is 0.375 e. The van der Waals surface area contributed by atoms with Gasteiger partial charge < -0.3 is 15.0 Å². The SMILES string of the molecule is CNS(=O)(=O)Cc1ccc(CNC(=O)N2CCO[C@H](C)C2)cc1. The number of carbonyl (C=O) groups is 1. The topological polar surface area (TPSA) is 87.7 Å². The number of nitrogens with one attached hydrogen (secondary N) is 2. The lowest BCUT2D eigenvalue weighted by Gasteiger charge is -2.31. The van der Waals surface area contributed by atoms with E-state index in [0.717, 1.165) is 5.56 Å². The quantitative estimate of drug-likeness (QED) is 0.824. The number of sulfonamides is 1. The van der Waals surface area contributed by atoms with Gasteiger partial charge in [-0.2, -0.15) is 0 Å². The first kappa shape index (κ1) is 17.7. The second-order valence-corrected chi connectivity index (χ2v) is 7.49. The standard InChI is InChI=1S/C15H23N3O4S/c1-12-10-18(7-8-22-12)15(19)17-9-13-3-5-14(6-4-13)11-23(20,21)16-2/h3-6,12,16H,7-11H2,1-2H3,(H,17,19)/t12-/m1/s1. The molecule has 0 unspecified atom stereocenters. The van der Waals surface area contributed by atoms with Gasteiger partial charge in [0.2, 0.25) is 10.0 Å². The molecule has 1 heterocycles. The van der Waals surface area contributed by atoms with Crippen molar-refractivity contribution < 1.29 is 17.9 Å². The van der Waals surface area contributed by atoms with Crippen LogP contribution in [0, 0.1) is 0 Å². The van der Waals surface area contributed by atoms with E-state index in [1.54, 1.807) is 17.0 Å². The van der Waals surface area contributed by atoms with Gasteiger partial charge in [-0.15, -0.1) is 0 Å². The van der Waals surface area contributed by atoms with E-state index in [4.69, 9.17) is 4.74 Å². The van der Waals surface area contributed by atoms with Crippen LogP contribution in [0.2, 0.25) is 0 Å². The zero-order chi connectivity index (χ0) is 16.9. The van der Waals surface area contributed by atoms with Crippen molar-refractivity contribution in [1.29, 1.82) is 0 Å². The van der Waals surface area contributed by atoms with Gasteiger partial charge in [0.1, 0.15) is 0 Å². The van der Waals surface area contributed by atoms with Gasteiger partial charge in [0, 0.05) is 19.6 Å². The van der Waals surface area contributed by atoms with Crippen molar-refractivity contribution in [3.05, 3.63) is 35.4 Å². The number of amides is 2. The van der Waals surface area contributed by atoms with E-state index < -0.39 is 10.0 Å². The number of ether oxygens (including phenoxy) is 1. The van der Waals surface area contributed by atoms with Crippen LogP contribution in [0.5, 0.6) is 0 Å². The highest BCUT2D eigenvalue weighted by molar-refractivity contribution is 7.88. The monoisotopic (exact) mass is 341 g/mol. The van der Waals surface area contributed by atoms with E-state index in [2.05, 4.69) is 10.0 Å². The summed E-state index contributed by atoms with van der Waals surface area (Å²) in [6.45, 7) is 4.09. The Hall–Kier alpha value is -1.64. The molecule has 2 N–H and O–H groups in total. The molecule has 1 saturated heterocycles. The van der Waals surface area contributed by atoms with Crippen LogP contribution >= 0.6 is 0 Å². The van der Waals surface area contributed by atoms with Crippen LogP contribution in [0.15, 0.2) is 24.3 Å². The van der Waals surface area contributed by atoms with Crippen molar-refractivity contribution >= 4 is 16.1 Å². The number of rotatable bonds is 5. The number of benzene rings is 1. The Bertz CT molecular complexity index is 631. The molecule has 0 saturated carbocycles. The maximum Gasteiger partial charge on any atom is 0.317 e. The zero-order valence-electron chi connectivity index (χ0n) is 13.4. The molecule has 2 amide bonds. The minimum Gasteiger partial charge on any atom is -0.375 e. The predicted octanol–water partition coefficient (Wildman–Crippen LogP) is 0.666. The van der Waals surface area contributed by atoms with Crippen LogP contribution < -0.4 is 10.0 Å². The Balaban J connectivity index is 1.85.